The monoisotopic (exact) mass is 217 g/mol. The summed E-state index contributed by atoms with van der Waals surface area (Å²) in [6.07, 6.45) is 5.27. The fraction of sp³-hybridized carbons (Fsp3) is 0.600. The van der Waals surface area contributed by atoms with Crippen LogP contribution < -0.4 is 5.32 Å². The molecule has 1 aromatic carbocycles. The van der Waals surface area contributed by atoms with E-state index < -0.39 is 0 Å². The third kappa shape index (κ3) is 3.64. The first-order valence-corrected chi connectivity index (χ1v) is 6.57. The van der Waals surface area contributed by atoms with Crippen molar-refractivity contribution in [1.82, 2.24) is 5.32 Å². The van der Waals surface area contributed by atoms with E-state index in [2.05, 4.69) is 43.4 Å². The topological polar surface area (TPSA) is 12.0 Å². The Morgan fingerprint density at radius 3 is 2.50 bits per heavy atom. The van der Waals surface area contributed by atoms with Gasteiger partial charge >= 0.3 is 0 Å². The van der Waals surface area contributed by atoms with Crippen molar-refractivity contribution in [1.29, 1.82) is 0 Å². The molecule has 1 unspecified atom stereocenters. The molecule has 0 aromatic heterocycles. The number of nitrogens with one attached hydrogen (secondary N) is 1. The highest BCUT2D eigenvalue weighted by Crippen LogP contribution is 2.20. The molecule has 0 spiro atoms. The summed E-state index contributed by atoms with van der Waals surface area (Å²) in [5.74, 6) is 0.795. The highest BCUT2D eigenvalue weighted by Gasteiger charge is 2.21. The van der Waals surface area contributed by atoms with Gasteiger partial charge in [-0.1, -0.05) is 43.2 Å². The van der Waals surface area contributed by atoms with Gasteiger partial charge in [0.2, 0.25) is 0 Å². The van der Waals surface area contributed by atoms with E-state index in [1.807, 2.05) is 0 Å². The lowest BCUT2D eigenvalue weighted by molar-refractivity contribution is 0.458. The molecule has 1 aliphatic rings. The Morgan fingerprint density at radius 1 is 1.25 bits per heavy atom. The lowest BCUT2D eigenvalue weighted by Crippen LogP contribution is -2.25. The summed E-state index contributed by atoms with van der Waals surface area (Å²) in [7, 11) is 0. The average Bonchev–Trinajstić information content (AvgIpc) is 3.11. The second kappa shape index (κ2) is 5.49. The summed E-state index contributed by atoms with van der Waals surface area (Å²) in [6.45, 7) is 5.64. The van der Waals surface area contributed by atoms with Crippen molar-refractivity contribution in [3.8, 4) is 0 Å². The first kappa shape index (κ1) is 11.7. The number of rotatable bonds is 6. The molecule has 0 heterocycles. The summed E-state index contributed by atoms with van der Waals surface area (Å²) in [5, 5.41) is 3.64. The van der Waals surface area contributed by atoms with Crippen molar-refractivity contribution in [2.75, 3.05) is 6.54 Å². The van der Waals surface area contributed by atoms with Gasteiger partial charge in [-0.05, 0) is 44.2 Å². The van der Waals surface area contributed by atoms with Crippen LogP contribution in [0.4, 0.5) is 0 Å². The summed E-state index contributed by atoms with van der Waals surface area (Å²) in [5.41, 5.74) is 2.84. The molecule has 1 heteroatoms. The smallest absolute Gasteiger partial charge is 0.00683 e. The lowest BCUT2D eigenvalue weighted by atomic mass is 9.96. The van der Waals surface area contributed by atoms with Crippen molar-refractivity contribution >= 4 is 0 Å². The Labute approximate surface area is 99.3 Å². The summed E-state index contributed by atoms with van der Waals surface area (Å²) in [6, 6.07) is 9.82. The average molecular weight is 217 g/mol. The quantitative estimate of drug-likeness (QED) is 0.771. The molecule has 1 saturated carbocycles. The van der Waals surface area contributed by atoms with Crippen molar-refractivity contribution < 1.29 is 0 Å². The number of benzene rings is 1. The molecule has 1 aliphatic carbocycles. The maximum Gasteiger partial charge on any atom is 0.00683 e. The van der Waals surface area contributed by atoms with Gasteiger partial charge < -0.3 is 5.32 Å². The minimum absolute atomic E-state index is 0.795. The molecule has 1 aromatic rings. The molecule has 88 valence electrons. The molecule has 0 aliphatic heterocycles. The summed E-state index contributed by atoms with van der Waals surface area (Å²) < 4.78 is 0. The van der Waals surface area contributed by atoms with Crippen LogP contribution in [-0.2, 0) is 6.42 Å². The molecule has 1 nitrogen and oxygen atoms in total. The zero-order valence-corrected chi connectivity index (χ0v) is 10.5. The second-order valence-corrected chi connectivity index (χ2v) is 5.15. The molecular formula is C15H23N. The van der Waals surface area contributed by atoms with Crippen LogP contribution in [0.5, 0.6) is 0 Å². The van der Waals surface area contributed by atoms with Crippen molar-refractivity contribution in [2.24, 2.45) is 5.92 Å². The van der Waals surface area contributed by atoms with Gasteiger partial charge in [-0.25, -0.2) is 0 Å². The van der Waals surface area contributed by atoms with E-state index in [0.29, 0.717) is 0 Å². The van der Waals surface area contributed by atoms with Gasteiger partial charge in [0, 0.05) is 6.04 Å². The molecule has 1 atom stereocenters. The molecule has 0 saturated heterocycles. The van der Waals surface area contributed by atoms with Crippen molar-refractivity contribution in [2.45, 2.75) is 45.6 Å². The van der Waals surface area contributed by atoms with E-state index in [4.69, 9.17) is 0 Å². The van der Waals surface area contributed by atoms with Gasteiger partial charge in [0.1, 0.15) is 0 Å². The lowest BCUT2D eigenvalue weighted by Gasteiger charge is -2.15. The minimum atomic E-state index is 0.795. The normalized spacial score (nSPS) is 17.4. The predicted octanol–water partition coefficient (Wildman–Crippen LogP) is 3.32. The van der Waals surface area contributed by atoms with Crippen LogP contribution in [0.15, 0.2) is 24.3 Å². The van der Waals surface area contributed by atoms with Gasteiger partial charge in [0.25, 0.3) is 0 Å². The molecule has 16 heavy (non-hydrogen) atoms. The maximum atomic E-state index is 3.64. The molecule has 0 bridgehead atoms. The second-order valence-electron chi connectivity index (χ2n) is 5.15. The SMILES string of the molecule is CCC(CNC1CC1)Cc1ccc(C)cc1. The van der Waals surface area contributed by atoms with Crippen LogP contribution in [0.1, 0.15) is 37.3 Å². The molecule has 1 fully saturated rings. The third-order valence-electron chi connectivity index (χ3n) is 3.49. The summed E-state index contributed by atoms with van der Waals surface area (Å²) in [4.78, 5) is 0. The van der Waals surface area contributed by atoms with Gasteiger partial charge in [-0.15, -0.1) is 0 Å². The summed E-state index contributed by atoms with van der Waals surface area (Å²) >= 11 is 0. The van der Waals surface area contributed by atoms with Crippen LogP contribution in [0.2, 0.25) is 0 Å². The Kier molecular flexibility index (Phi) is 4.00. The van der Waals surface area contributed by atoms with E-state index in [0.717, 1.165) is 12.0 Å². The first-order valence-electron chi connectivity index (χ1n) is 6.57. The van der Waals surface area contributed by atoms with Crippen LogP contribution in [-0.4, -0.2) is 12.6 Å². The van der Waals surface area contributed by atoms with Crippen LogP contribution in [0.3, 0.4) is 0 Å². The number of hydrogen-bond donors (Lipinski definition) is 1. The number of aryl methyl sites for hydroxylation is 1. The van der Waals surface area contributed by atoms with Gasteiger partial charge in [-0.2, -0.15) is 0 Å². The Morgan fingerprint density at radius 2 is 1.94 bits per heavy atom. The van der Waals surface area contributed by atoms with Crippen LogP contribution in [0, 0.1) is 12.8 Å². The highest BCUT2D eigenvalue weighted by atomic mass is 14.9. The van der Waals surface area contributed by atoms with Crippen molar-refractivity contribution in [3.63, 3.8) is 0 Å². The maximum absolute atomic E-state index is 3.64. The standard InChI is InChI=1S/C15H23N/c1-3-13(11-16-15-8-9-15)10-14-6-4-12(2)5-7-14/h4-7,13,15-16H,3,8-11H2,1-2H3. The molecule has 2 rings (SSSR count). The molecule has 0 amide bonds. The van der Waals surface area contributed by atoms with Crippen LogP contribution in [0.25, 0.3) is 0 Å². The molecule has 1 N–H and O–H groups in total. The fourth-order valence-electron chi connectivity index (χ4n) is 2.04. The zero-order valence-electron chi connectivity index (χ0n) is 10.5. The fourth-order valence-corrected chi connectivity index (χ4v) is 2.04. The van der Waals surface area contributed by atoms with Crippen LogP contribution >= 0.6 is 0 Å². The van der Waals surface area contributed by atoms with E-state index in [1.54, 1.807) is 0 Å². The predicted molar refractivity (Wildman–Crippen MR) is 69.7 cm³/mol. The van der Waals surface area contributed by atoms with E-state index >= 15 is 0 Å². The Bertz CT molecular complexity index is 311. The minimum Gasteiger partial charge on any atom is -0.314 e. The zero-order chi connectivity index (χ0) is 11.4. The van der Waals surface area contributed by atoms with Gasteiger partial charge in [0.15, 0.2) is 0 Å². The first-order chi connectivity index (χ1) is 7.78. The molecular weight excluding hydrogens is 194 g/mol. The Hall–Kier alpha value is -0.820. The van der Waals surface area contributed by atoms with E-state index in [1.165, 1.54) is 43.4 Å². The largest absolute Gasteiger partial charge is 0.314 e. The van der Waals surface area contributed by atoms with Crippen molar-refractivity contribution in [3.05, 3.63) is 35.4 Å². The van der Waals surface area contributed by atoms with Gasteiger partial charge in [-0.3, -0.25) is 0 Å². The number of hydrogen-bond acceptors (Lipinski definition) is 1. The Balaban J connectivity index is 1.82. The van der Waals surface area contributed by atoms with Gasteiger partial charge in [0.05, 0.1) is 0 Å². The van der Waals surface area contributed by atoms with E-state index in [9.17, 15) is 0 Å². The molecule has 0 radical (unpaired) electrons. The third-order valence-corrected chi connectivity index (χ3v) is 3.49. The van der Waals surface area contributed by atoms with E-state index in [-0.39, 0.29) is 0 Å². The highest BCUT2D eigenvalue weighted by molar-refractivity contribution is 5.21.